The van der Waals surface area contributed by atoms with Crippen LogP contribution in [-0.4, -0.2) is 26.8 Å². The second-order valence-corrected chi connectivity index (χ2v) is 5.90. The van der Waals surface area contributed by atoms with E-state index in [4.69, 9.17) is 0 Å². The predicted molar refractivity (Wildman–Crippen MR) is 92.2 cm³/mol. The van der Waals surface area contributed by atoms with Crippen LogP contribution in [-0.2, 0) is 13.6 Å². The summed E-state index contributed by atoms with van der Waals surface area (Å²) in [5.74, 6) is 0.358. The van der Waals surface area contributed by atoms with Gasteiger partial charge in [0, 0.05) is 38.1 Å². The average Bonchev–Trinajstić information content (AvgIpc) is 2.80. The Hall–Kier alpha value is -2.76. The highest BCUT2D eigenvalue weighted by molar-refractivity contribution is 5.65. The molecule has 5 nitrogen and oxygen atoms in total. The van der Waals surface area contributed by atoms with Crippen LogP contribution in [0.2, 0.25) is 0 Å². The lowest BCUT2D eigenvalue weighted by Crippen LogP contribution is -2.19. The highest BCUT2D eigenvalue weighted by atomic mass is 19.1. The van der Waals surface area contributed by atoms with E-state index >= 15 is 0 Å². The largest absolute Gasteiger partial charge is 0.340 e. The van der Waals surface area contributed by atoms with Gasteiger partial charge in [-0.15, -0.1) is 0 Å². The minimum absolute atomic E-state index is 0.239. The number of aryl methyl sites for hydroxylation is 2. The summed E-state index contributed by atoms with van der Waals surface area (Å²) in [4.78, 5) is 10.9. The molecule has 2 heterocycles. The summed E-state index contributed by atoms with van der Waals surface area (Å²) in [7, 11) is 3.82. The monoisotopic (exact) mass is 325 g/mol. The molecule has 0 atom stereocenters. The lowest BCUT2D eigenvalue weighted by molar-refractivity contribution is 0.625. The molecule has 0 fully saturated rings. The van der Waals surface area contributed by atoms with Crippen molar-refractivity contribution in [3.8, 4) is 11.3 Å². The van der Waals surface area contributed by atoms with Crippen molar-refractivity contribution in [3.63, 3.8) is 0 Å². The molecule has 0 amide bonds. The fourth-order valence-corrected chi connectivity index (χ4v) is 2.80. The molecule has 3 aromatic rings. The molecule has 2 aromatic heterocycles. The van der Waals surface area contributed by atoms with Crippen molar-refractivity contribution in [2.24, 2.45) is 7.05 Å². The van der Waals surface area contributed by atoms with Gasteiger partial charge in [0.1, 0.15) is 5.82 Å². The van der Waals surface area contributed by atoms with Crippen LogP contribution in [0.25, 0.3) is 11.3 Å². The van der Waals surface area contributed by atoms with E-state index in [2.05, 4.69) is 15.1 Å². The zero-order valence-corrected chi connectivity index (χ0v) is 14.3. The molecule has 0 aliphatic carbocycles. The molecule has 0 saturated carbocycles. The Morgan fingerprint density at radius 2 is 2.00 bits per heavy atom. The molecule has 0 aliphatic rings. The van der Waals surface area contributed by atoms with Gasteiger partial charge in [-0.3, -0.25) is 4.68 Å². The lowest BCUT2D eigenvalue weighted by atomic mass is 10.1. The van der Waals surface area contributed by atoms with E-state index in [1.807, 2.05) is 49.7 Å². The third-order valence-electron chi connectivity index (χ3n) is 4.06. The number of anilines is 1. The van der Waals surface area contributed by atoms with E-state index in [1.165, 1.54) is 12.1 Å². The fraction of sp³-hybridized carbons (Fsp3) is 0.278. The molecule has 6 heteroatoms. The van der Waals surface area contributed by atoms with E-state index in [-0.39, 0.29) is 5.82 Å². The van der Waals surface area contributed by atoms with E-state index in [1.54, 1.807) is 12.3 Å². The van der Waals surface area contributed by atoms with Crippen LogP contribution in [0.1, 0.15) is 17.0 Å². The van der Waals surface area contributed by atoms with Gasteiger partial charge in [-0.25, -0.2) is 14.4 Å². The summed E-state index contributed by atoms with van der Waals surface area (Å²) >= 11 is 0. The first kappa shape index (κ1) is 16.1. The summed E-state index contributed by atoms with van der Waals surface area (Å²) in [5, 5.41) is 4.44. The molecule has 0 radical (unpaired) electrons. The molecule has 0 bridgehead atoms. The van der Waals surface area contributed by atoms with E-state index in [0.717, 1.165) is 28.2 Å². The molecular formula is C18H20FN5. The second-order valence-electron chi connectivity index (χ2n) is 5.90. The molecule has 0 saturated heterocycles. The zero-order valence-electron chi connectivity index (χ0n) is 14.3. The first-order valence-electron chi connectivity index (χ1n) is 7.75. The van der Waals surface area contributed by atoms with Crippen molar-refractivity contribution in [1.29, 1.82) is 0 Å². The number of aromatic nitrogens is 4. The van der Waals surface area contributed by atoms with Gasteiger partial charge < -0.3 is 4.90 Å². The van der Waals surface area contributed by atoms with E-state index in [9.17, 15) is 4.39 Å². The van der Waals surface area contributed by atoms with Crippen molar-refractivity contribution in [1.82, 2.24) is 19.7 Å². The minimum atomic E-state index is -0.239. The molecule has 0 N–H and O–H groups in total. The summed E-state index contributed by atoms with van der Waals surface area (Å²) < 4.78 is 15.2. The van der Waals surface area contributed by atoms with Crippen LogP contribution in [0.15, 0.2) is 36.5 Å². The smallest absolute Gasteiger partial charge is 0.225 e. The molecule has 1 aromatic carbocycles. The zero-order chi connectivity index (χ0) is 17.3. The van der Waals surface area contributed by atoms with Gasteiger partial charge in [0.2, 0.25) is 5.95 Å². The predicted octanol–water partition coefficient (Wildman–Crippen LogP) is 3.27. The Bertz CT molecular complexity index is 872. The highest BCUT2D eigenvalue weighted by Crippen LogP contribution is 2.25. The maximum absolute atomic E-state index is 13.3. The van der Waals surface area contributed by atoms with Gasteiger partial charge in [-0.1, -0.05) is 12.1 Å². The number of halogens is 1. The molecule has 0 aliphatic heterocycles. The van der Waals surface area contributed by atoms with Crippen molar-refractivity contribution < 1.29 is 4.39 Å². The Kier molecular flexibility index (Phi) is 4.29. The minimum Gasteiger partial charge on any atom is -0.340 e. The van der Waals surface area contributed by atoms with Crippen LogP contribution in [0, 0.1) is 19.7 Å². The Balaban J connectivity index is 1.90. The Morgan fingerprint density at radius 1 is 1.21 bits per heavy atom. The summed E-state index contributed by atoms with van der Waals surface area (Å²) in [6.45, 7) is 4.53. The quantitative estimate of drug-likeness (QED) is 0.738. The molecule has 0 unspecified atom stereocenters. The first-order chi connectivity index (χ1) is 11.5. The van der Waals surface area contributed by atoms with Gasteiger partial charge in [0.15, 0.2) is 0 Å². The molecular weight excluding hydrogens is 305 g/mol. The van der Waals surface area contributed by atoms with Crippen LogP contribution in [0.3, 0.4) is 0 Å². The summed E-state index contributed by atoms with van der Waals surface area (Å²) in [5.41, 5.74) is 4.74. The molecule has 3 rings (SSSR count). The number of hydrogen-bond acceptors (Lipinski definition) is 4. The van der Waals surface area contributed by atoms with Crippen LogP contribution in [0.4, 0.5) is 10.3 Å². The Labute approximate surface area is 140 Å². The summed E-state index contributed by atoms with van der Waals surface area (Å²) in [6.07, 6.45) is 1.74. The van der Waals surface area contributed by atoms with Crippen molar-refractivity contribution in [3.05, 3.63) is 59.3 Å². The van der Waals surface area contributed by atoms with Gasteiger partial charge >= 0.3 is 0 Å². The van der Waals surface area contributed by atoms with Crippen molar-refractivity contribution >= 4 is 5.95 Å². The van der Waals surface area contributed by atoms with Crippen LogP contribution < -0.4 is 4.90 Å². The molecule has 0 spiro atoms. The number of benzene rings is 1. The van der Waals surface area contributed by atoms with Gasteiger partial charge in [-0.2, -0.15) is 5.10 Å². The SMILES string of the molecule is Cc1nn(C)c(C)c1-c1ccnc(N(C)Cc2cccc(F)c2)n1. The normalized spacial score (nSPS) is 10.9. The van der Waals surface area contributed by atoms with Gasteiger partial charge in [0.05, 0.1) is 11.4 Å². The lowest BCUT2D eigenvalue weighted by Gasteiger charge is -2.17. The standard InChI is InChI=1S/C18H20FN5/c1-12-17(13(2)24(4)22-12)16-8-9-20-18(21-16)23(3)11-14-6-5-7-15(19)10-14/h5-10H,11H2,1-4H3. The van der Waals surface area contributed by atoms with Crippen LogP contribution >= 0.6 is 0 Å². The fourth-order valence-electron chi connectivity index (χ4n) is 2.80. The van der Waals surface area contributed by atoms with Crippen molar-refractivity contribution in [2.75, 3.05) is 11.9 Å². The van der Waals surface area contributed by atoms with Gasteiger partial charge in [-0.05, 0) is 37.6 Å². The first-order valence-corrected chi connectivity index (χ1v) is 7.75. The highest BCUT2D eigenvalue weighted by Gasteiger charge is 2.15. The number of hydrogen-bond donors (Lipinski definition) is 0. The summed E-state index contributed by atoms with van der Waals surface area (Å²) in [6, 6.07) is 8.44. The maximum Gasteiger partial charge on any atom is 0.225 e. The van der Waals surface area contributed by atoms with E-state index < -0.39 is 0 Å². The Morgan fingerprint density at radius 3 is 2.67 bits per heavy atom. The molecule has 124 valence electrons. The number of rotatable bonds is 4. The van der Waals surface area contributed by atoms with Crippen molar-refractivity contribution in [2.45, 2.75) is 20.4 Å². The number of nitrogens with zero attached hydrogens (tertiary/aromatic N) is 5. The average molecular weight is 325 g/mol. The van der Waals surface area contributed by atoms with Crippen LogP contribution in [0.5, 0.6) is 0 Å². The maximum atomic E-state index is 13.3. The van der Waals surface area contributed by atoms with Gasteiger partial charge in [0.25, 0.3) is 0 Å². The topological polar surface area (TPSA) is 46.8 Å². The third kappa shape index (κ3) is 3.13. The van der Waals surface area contributed by atoms with E-state index in [0.29, 0.717) is 12.5 Å². The molecule has 24 heavy (non-hydrogen) atoms. The second kappa shape index (κ2) is 6.39. The third-order valence-corrected chi connectivity index (χ3v) is 4.06.